The van der Waals surface area contributed by atoms with Gasteiger partial charge in [0.15, 0.2) is 23.4 Å². The molecule has 1 atom stereocenters. The van der Waals surface area contributed by atoms with E-state index in [9.17, 15) is 14.9 Å². The van der Waals surface area contributed by atoms with Crippen molar-refractivity contribution in [2.75, 3.05) is 26.8 Å². The van der Waals surface area contributed by atoms with Crippen LogP contribution in [0.25, 0.3) is 0 Å². The van der Waals surface area contributed by atoms with Crippen LogP contribution in [0.3, 0.4) is 0 Å². The molecule has 0 radical (unpaired) electrons. The van der Waals surface area contributed by atoms with E-state index in [2.05, 4.69) is 0 Å². The fourth-order valence-electron chi connectivity index (χ4n) is 2.83. The van der Waals surface area contributed by atoms with Crippen LogP contribution in [-0.4, -0.2) is 48.6 Å². The van der Waals surface area contributed by atoms with Gasteiger partial charge >= 0.3 is 5.69 Å². The molecule has 8 heteroatoms. The first kappa shape index (κ1) is 18.5. The van der Waals surface area contributed by atoms with Gasteiger partial charge in [-0.3, -0.25) is 14.9 Å². The highest BCUT2D eigenvalue weighted by atomic mass is 16.6. The van der Waals surface area contributed by atoms with E-state index >= 15 is 0 Å². The van der Waals surface area contributed by atoms with Crippen LogP contribution in [0.1, 0.15) is 17.3 Å². The van der Waals surface area contributed by atoms with Crippen molar-refractivity contribution in [3.63, 3.8) is 0 Å². The Labute approximate surface area is 156 Å². The lowest BCUT2D eigenvalue weighted by Gasteiger charge is -2.29. The number of fused-ring (bicyclic) bond motifs is 1. The minimum Gasteiger partial charge on any atom is -0.487 e. The molecule has 142 valence electrons. The van der Waals surface area contributed by atoms with Crippen LogP contribution in [-0.2, 0) is 0 Å². The molecule has 0 bridgehead atoms. The summed E-state index contributed by atoms with van der Waals surface area (Å²) in [6.45, 7) is 2.64. The summed E-state index contributed by atoms with van der Waals surface area (Å²) in [5.74, 6) is 1.10. The molecule has 3 rings (SSSR count). The van der Waals surface area contributed by atoms with Crippen molar-refractivity contribution in [2.45, 2.75) is 13.0 Å². The molecule has 2 aromatic rings. The zero-order chi connectivity index (χ0) is 19.4. The summed E-state index contributed by atoms with van der Waals surface area (Å²) in [5, 5.41) is 11.2. The maximum absolute atomic E-state index is 12.7. The van der Waals surface area contributed by atoms with Crippen molar-refractivity contribution in [1.29, 1.82) is 0 Å². The van der Waals surface area contributed by atoms with Gasteiger partial charge in [-0.15, -0.1) is 0 Å². The van der Waals surface area contributed by atoms with Crippen molar-refractivity contribution < 1.29 is 23.9 Å². The van der Waals surface area contributed by atoms with Crippen LogP contribution < -0.4 is 14.2 Å². The molecule has 0 aromatic heterocycles. The Morgan fingerprint density at radius 1 is 1.30 bits per heavy atom. The zero-order valence-electron chi connectivity index (χ0n) is 15.1. The number of likely N-dealkylation sites (N-methyl/N-ethyl adjacent to an activating group) is 1. The van der Waals surface area contributed by atoms with Crippen LogP contribution in [0.5, 0.6) is 17.2 Å². The van der Waals surface area contributed by atoms with E-state index < -0.39 is 4.92 Å². The van der Waals surface area contributed by atoms with Crippen LogP contribution in [0, 0.1) is 10.1 Å². The maximum atomic E-state index is 12.7. The highest BCUT2D eigenvalue weighted by Gasteiger charge is 2.25. The molecule has 0 saturated carbocycles. The molecule has 0 spiro atoms. The molecule has 8 nitrogen and oxygen atoms in total. The van der Waals surface area contributed by atoms with Crippen LogP contribution in [0.4, 0.5) is 5.69 Å². The lowest BCUT2D eigenvalue weighted by Crippen LogP contribution is -2.41. The number of nitro benzene ring substituents is 1. The summed E-state index contributed by atoms with van der Waals surface area (Å²) in [6.07, 6.45) is -0.327. The summed E-state index contributed by atoms with van der Waals surface area (Å²) in [6, 6.07) is 11.5. The molecule has 0 fully saturated rings. The molecule has 2 aromatic carbocycles. The van der Waals surface area contributed by atoms with E-state index in [1.807, 2.05) is 18.2 Å². The second kappa shape index (κ2) is 7.94. The Morgan fingerprint density at radius 2 is 2.04 bits per heavy atom. The monoisotopic (exact) mass is 372 g/mol. The van der Waals surface area contributed by atoms with Gasteiger partial charge in [-0.2, -0.15) is 0 Å². The van der Waals surface area contributed by atoms with E-state index in [1.165, 1.54) is 23.1 Å². The number of hydrogen-bond acceptors (Lipinski definition) is 6. The minimum absolute atomic E-state index is 0.141. The zero-order valence-corrected chi connectivity index (χ0v) is 15.1. The predicted molar refractivity (Wildman–Crippen MR) is 97.6 cm³/mol. The van der Waals surface area contributed by atoms with E-state index in [0.29, 0.717) is 24.7 Å². The number of nitro groups is 1. The largest absolute Gasteiger partial charge is 0.487 e. The number of para-hydroxylation sites is 2. The predicted octanol–water partition coefficient (Wildman–Crippen LogP) is 2.91. The van der Waals surface area contributed by atoms with Gasteiger partial charge in [0, 0.05) is 18.7 Å². The maximum Gasteiger partial charge on any atom is 0.311 e. The Morgan fingerprint density at radius 3 is 2.74 bits per heavy atom. The Bertz CT molecular complexity index is 854. The molecular formula is C19H20N2O6. The third kappa shape index (κ3) is 4.11. The third-order valence-electron chi connectivity index (χ3n) is 4.09. The fraction of sp³-hybridized carbons (Fsp3) is 0.316. The molecule has 1 amide bonds. The highest BCUT2D eigenvalue weighted by Crippen LogP contribution is 2.31. The number of hydrogen-bond donors (Lipinski definition) is 0. The van der Waals surface area contributed by atoms with Crippen LogP contribution >= 0.6 is 0 Å². The topological polar surface area (TPSA) is 91.1 Å². The van der Waals surface area contributed by atoms with Gasteiger partial charge < -0.3 is 19.1 Å². The minimum atomic E-state index is -0.559. The number of nitrogens with zero attached hydrogens (tertiary/aromatic N) is 2. The SMILES string of the molecule is CCOc1ccc(C(=O)N(C)CC2COc3ccccc3O2)cc1[N+](=O)[O-]. The van der Waals surface area contributed by atoms with Crippen LogP contribution in [0.15, 0.2) is 42.5 Å². The number of carbonyl (C=O) groups is 1. The van der Waals surface area contributed by atoms with Crippen molar-refractivity contribution in [3.8, 4) is 17.2 Å². The summed E-state index contributed by atoms with van der Waals surface area (Å²) in [7, 11) is 1.62. The lowest BCUT2D eigenvalue weighted by atomic mass is 10.1. The van der Waals surface area contributed by atoms with Gasteiger partial charge in [-0.25, -0.2) is 0 Å². The van der Waals surface area contributed by atoms with Gasteiger partial charge in [0.25, 0.3) is 5.91 Å². The number of benzene rings is 2. The molecule has 0 aliphatic carbocycles. The molecule has 27 heavy (non-hydrogen) atoms. The Balaban J connectivity index is 1.70. The number of ether oxygens (including phenoxy) is 3. The molecule has 1 heterocycles. The second-order valence-electron chi connectivity index (χ2n) is 6.06. The average molecular weight is 372 g/mol. The second-order valence-corrected chi connectivity index (χ2v) is 6.06. The van der Waals surface area contributed by atoms with E-state index in [4.69, 9.17) is 14.2 Å². The quantitative estimate of drug-likeness (QED) is 0.572. The van der Waals surface area contributed by atoms with Crippen molar-refractivity contribution in [3.05, 3.63) is 58.1 Å². The van der Waals surface area contributed by atoms with Crippen molar-refractivity contribution >= 4 is 11.6 Å². The van der Waals surface area contributed by atoms with Gasteiger partial charge in [0.2, 0.25) is 0 Å². The third-order valence-corrected chi connectivity index (χ3v) is 4.09. The number of rotatable bonds is 6. The van der Waals surface area contributed by atoms with Gasteiger partial charge in [0.05, 0.1) is 18.1 Å². The van der Waals surface area contributed by atoms with Crippen LogP contribution in [0.2, 0.25) is 0 Å². The molecule has 0 saturated heterocycles. The summed E-state index contributed by atoms with van der Waals surface area (Å²) >= 11 is 0. The first-order valence-electron chi connectivity index (χ1n) is 8.54. The first-order valence-corrected chi connectivity index (χ1v) is 8.54. The fourth-order valence-corrected chi connectivity index (χ4v) is 2.83. The Kier molecular flexibility index (Phi) is 5.44. The summed E-state index contributed by atoms with van der Waals surface area (Å²) < 4.78 is 16.7. The molecular weight excluding hydrogens is 352 g/mol. The van der Waals surface area contributed by atoms with Gasteiger partial charge in [-0.05, 0) is 31.2 Å². The van der Waals surface area contributed by atoms with Gasteiger partial charge in [-0.1, -0.05) is 12.1 Å². The standard InChI is InChI=1S/C19H20N2O6/c1-3-25-16-9-8-13(10-15(16)21(23)24)19(22)20(2)11-14-12-26-17-6-4-5-7-18(17)27-14/h4-10,14H,3,11-12H2,1-2H3. The van der Waals surface area contributed by atoms with E-state index in [-0.39, 0.29) is 35.6 Å². The molecule has 1 aliphatic rings. The lowest BCUT2D eigenvalue weighted by molar-refractivity contribution is -0.385. The smallest absolute Gasteiger partial charge is 0.311 e. The first-order chi connectivity index (χ1) is 13.0. The Hall–Kier alpha value is -3.29. The van der Waals surface area contributed by atoms with Gasteiger partial charge in [0.1, 0.15) is 6.61 Å². The van der Waals surface area contributed by atoms with Crippen molar-refractivity contribution in [2.24, 2.45) is 0 Å². The van der Waals surface area contributed by atoms with Crippen molar-refractivity contribution in [1.82, 2.24) is 4.90 Å². The summed E-state index contributed by atoms with van der Waals surface area (Å²) in [5.41, 5.74) is -0.0212. The normalized spacial score (nSPS) is 15.1. The summed E-state index contributed by atoms with van der Waals surface area (Å²) in [4.78, 5) is 24.8. The van der Waals surface area contributed by atoms with E-state index in [1.54, 1.807) is 20.0 Å². The number of carbonyl (C=O) groups excluding carboxylic acids is 1. The average Bonchev–Trinajstić information content (AvgIpc) is 2.67. The number of amides is 1. The molecule has 0 N–H and O–H groups in total. The molecule has 1 aliphatic heterocycles. The van der Waals surface area contributed by atoms with E-state index in [0.717, 1.165) is 0 Å². The molecule has 1 unspecified atom stereocenters. The highest BCUT2D eigenvalue weighted by molar-refractivity contribution is 5.95.